The number of hydrogen-bond acceptors (Lipinski definition) is 15. The van der Waals surface area contributed by atoms with Crippen molar-refractivity contribution in [2.45, 2.75) is 104 Å². The highest BCUT2D eigenvalue weighted by Gasteiger charge is 2.32. The zero-order valence-corrected chi connectivity index (χ0v) is 46.6. The lowest BCUT2D eigenvalue weighted by molar-refractivity contribution is -0.162. The van der Waals surface area contributed by atoms with Gasteiger partial charge in [-0.05, 0) is 69.4 Å². The lowest BCUT2D eigenvalue weighted by Crippen LogP contribution is -2.51. The van der Waals surface area contributed by atoms with E-state index in [4.69, 9.17) is 28.6 Å². The number of pyridine rings is 3. The number of esters is 1. The minimum absolute atomic E-state index is 0.0334. The molecular weight excluding hydrogens is 995 g/mol. The molecule has 1 fully saturated rings. The maximum absolute atomic E-state index is 14.5. The summed E-state index contributed by atoms with van der Waals surface area (Å²) in [5.41, 5.74) is 2.53. The molecule has 0 amide bonds. The summed E-state index contributed by atoms with van der Waals surface area (Å²) in [6, 6.07) is 34.1. The minimum Gasteiger partial charge on any atom is -0.459 e. The number of ketones is 1. The third-order valence-corrected chi connectivity index (χ3v) is 13.4. The van der Waals surface area contributed by atoms with Gasteiger partial charge in [-0.2, -0.15) is 0 Å². The first-order chi connectivity index (χ1) is 37.8. The summed E-state index contributed by atoms with van der Waals surface area (Å²) in [6.07, 6.45) is 2.24. The lowest BCUT2D eigenvalue weighted by atomic mass is 10.0. The summed E-state index contributed by atoms with van der Waals surface area (Å²) in [5, 5.41) is 0. The highest BCUT2D eigenvalue weighted by atomic mass is 16.7. The van der Waals surface area contributed by atoms with E-state index in [1.807, 2.05) is 99.6 Å². The quantitative estimate of drug-likeness (QED) is 0.0442. The van der Waals surface area contributed by atoms with E-state index in [0.717, 1.165) is 23.2 Å². The fourth-order valence-electron chi connectivity index (χ4n) is 9.08. The Bertz CT molecular complexity index is 2740. The van der Waals surface area contributed by atoms with Crippen molar-refractivity contribution in [3.8, 4) is 0 Å². The molecule has 6 rings (SSSR count). The Labute approximate surface area is 459 Å². The number of ether oxygens (including phenoxy) is 4. The van der Waals surface area contributed by atoms with Crippen molar-refractivity contribution in [1.29, 1.82) is 0 Å². The molecule has 3 aromatic heterocycles. The first kappa shape index (κ1) is 61.0. The number of Topliss-reactive ketones (excluding diaryl/α,β-unsaturated/α-hetero) is 1. The SMILES string of the molecule is CCCOCCOCCOCCCC(=O)CCC(C(=O)OC(C)(C)C)N1CCN(Cc2cccc(=O)n2C)CCN(Cc2cccc(=O)n2OCc2ccccc2)CCN(Cc2cccc(=O)n2OCc2ccccc2)CC1. The molecule has 1 atom stereocenters. The van der Waals surface area contributed by atoms with Gasteiger partial charge in [-0.15, -0.1) is 9.46 Å². The minimum atomic E-state index is -0.790. The largest absolute Gasteiger partial charge is 0.459 e. The molecule has 18 nitrogen and oxygen atoms in total. The third-order valence-electron chi connectivity index (χ3n) is 13.4. The van der Waals surface area contributed by atoms with Gasteiger partial charge in [0.1, 0.15) is 30.6 Å². The summed E-state index contributed by atoms with van der Waals surface area (Å²) in [6.45, 7) is 16.1. The highest BCUT2D eigenvalue weighted by Crippen LogP contribution is 2.19. The van der Waals surface area contributed by atoms with Crippen molar-refractivity contribution >= 4 is 11.8 Å². The average molecular weight is 1080 g/mol. The number of rotatable bonds is 29. The van der Waals surface area contributed by atoms with Crippen LogP contribution in [-0.2, 0) is 68.4 Å². The molecule has 1 saturated heterocycles. The molecule has 0 radical (unpaired) electrons. The van der Waals surface area contributed by atoms with Gasteiger partial charge in [0.15, 0.2) is 0 Å². The fourth-order valence-corrected chi connectivity index (χ4v) is 9.08. The van der Waals surface area contributed by atoms with Crippen LogP contribution in [0.2, 0.25) is 0 Å². The van der Waals surface area contributed by atoms with Crippen molar-refractivity contribution in [1.82, 2.24) is 33.6 Å². The fraction of sp³-hybridized carbons (Fsp3) is 0.517. The van der Waals surface area contributed by atoms with E-state index in [1.165, 1.54) is 21.6 Å². The summed E-state index contributed by atoms with van der Waals surface area (Å²) >= 11 is 0. The van der Waals surface area contributed by atoms with Crippen LogP contribution in [0.4, 0.5) is 0 Å². The Morgan fingerprint density at radius 3 is 1.44 bits per heavy atom. The molecule has 0 spiro atoms. The van der Waals surface area contributed by atoms with Crippen LogP contribution < -0.4 is 26.4 Å². The van der Waals surface area contributed by atoms with E-state index in [2.05, 4.69) is 26.5 Å². The predicted molar refractivity (Wildman–Crippen MR) is 300 cm³/mol. The molecule has 0 N–H and O–H groups in total. The van der Waals surface area contributed by atoms with Gasteiger partial charge in [0, 0.05) is 129 Å². The van der Waals surface area contributed by atoms with Gasteiger partial charge in [0.2, 0.25) is 5.56 Å². The predicted octanol–water partition coefficient (Wildman–Crippen LogP) is 5.39. The van der Waals surface area contributed by atoms with Gasteiger partial charge in [-0.3, -0.25) is 43.6 Å². The molecule has 4 heterocycles. The normalized spacial score (nSPS) is 15.0. The van der Waals surface area contributed by atoms with Gasteiger partial charge >= 0.3 is 5.97 Å². The van der Waals surface area contributed by atoms with Crippen LogP contribution in [-0.4, -0.2) is 149 Å². The van der Waals surface area contributed by atoms with Crippen LogP contribution in [0.3, 0.4) is 0 Å². The second-order valence-electron chi connectivity index (χ2n) is 20.7. The summed E-state index contributed by atoms with van der Waals surface area (Å²) in [5.74, 6) is -0.374. The molecule has 1 unspecified atom stereocenters. The van der Waals surface area contributed by atoms with Gasteiger partial charge in [0.05, 0.1) is 37.8 Å². The molecule has 424 valence electrons. The summed E-state index contributed by atoms with van der Waals surface area (Å²) < 4.78 is 27.3. The van der Waals surface area contributed by atoms with E-state index in [1.54, 1.807) is 35.9 Å². The second kappa shape index (κ2) is 32.6. The molecule has 0 saturated carbocycles. The number of benzene rings is 2. The molecule has 0 aliphatic carbocycles. The molecule has 78 heavy (non-hydrogen) atoms. The zero-order valence-electron chi connectivity index (χ0n) is 46.6. The van der Waals surface area contributed by atoms with Crippen molar-refractivity contribution in [2.24, 2.45) is 7.05 Å². The first-order valence-electron chi connectivity index (χ1n) is 27.6. The highest BCUT2D eigenvalue weighted by molar-refractivity contribution is 5.81. The van der Waals surface area contributed by atoms with Crippen LogP contribution in [0.25, 0.3) is 0 Å². The Morgan fingerprint density at radius 1 is 0.513 bits per heavy atom. The molecular formula is C60H83N7O11. The van der Waals surface area contributed by atoms with Crippen LogP contribution in [0.15, 0.2) is 130 Å². The number of nitrogens with zero attached hydrogens (tertiary/aromatic N) is 7. The number of aromatic nitrogens is 3. The van der Waals surface area contributed by atoms with Gasteiger partial charge in [0.25, 0.3) is 11.1 Å². The van der Waals surface area contributed by atoms with Crippen LogP contribution >= 0.6 is 0 Å². The topological polar surface area (TPSA) is 168 Å². The summed E-state index contributed by atoms with van der Waals surface area (Å²) in [7, 11) is 1.77. The Hall–Kier alpha value is -6.25. The van der Waals surface area contributed by atoms with E-state index in [9.17, 15) is 24.0 Å². The molecule has 5 aromatic rings. The van der Waals surface area contributed by atoms with Gasteiger partial charge < -0.3 is 33.2 Å². The first-order valence-corrected chi connectivity index (χ1v) is 27.6. The van der Waals surface area contributed by atoms with Gasteiger partial charge in [-0.25, -0.2) is 0 Å². The second-order valence-corrected chi connectivity index (χ2v) is 20.7. The van der Waals surface area contributed by atoms with Crippen molar-refractivity contribution in [2.75, 3.05) is 92.0 Å². The monoisotopic (exact) mass is 1080 g/mol. The van der Waals surface area contributed by atoms with E-state index in [0.29, 0.717) is 136 Å². The average Bonchev–Trinajstić information content (AvgIpc) is 3.42. The van der Waals surface area contributed by atoms with Crippen LogP contribution in [0.1, 0.15) is 88.0 Å². The Kier molecular flexibility index (Phi) is 25.5. The molecule has 18 heteroatoms. The number of carbonyl (C=O) groups excluding carboxylic acids is 2. The number of hydrogen-bond donors (Lipinski definition) is 0. The molecule has 0 bridgehead atoms. The summed E-state index contributed by atoms with van der Waals surface area (Å²) in [4.78, 5) is 89.5. The maximum atomic E-state index is 14.5. The van der Waals surface area contributed by atoms with Crippen molar-refractivity contribution in [3.63, 3.8) is 0 Å². The van der Waals surface area contributed by atoms with Gasteiger partial charge in [-0.1, -0.05) is 85.8 Å². The smallest absolute Gasteiger partial charge is 0.323 e. The van der Waals surface area contributed by atoms with Crippen molar-refractivity contribution in [3.05, 3.63) is 175 Å². The maximum Gasteiger partial charge on any atom is 0.323 e. The van der Waals surface area contributed by atoms with E-state index in [-0.39, 0.29) is 48.5 Å². The van der Waals surface area contributed by atoms with Crippen LogP contribution in [0.5, 0.6) is 0 Å². The Morgan fingerprint density at radius 2 is 0.949 bits per heavy atom. The van der Waals surface area contributed by atoms with Crippen LogP contribution in [0, 0.1) is 0 Å². The molecule has 1 aliphatic heterocycles. The standard InChI is InChI=1S/C60H83N7O11/c1-6-38-73-40-42-75-43-41-74-39-16-24-54(68)28-29-55(59(72)78-60(2,3)4)65-36-34-63(44-51-21-13-25-56(69)61(51)5)32-30-62(45-52-22-14-26-57(70)66(52)76-47-49-17-9-7-10-18-49)31-33-64(35-37-65)46-53-23-15-27-58(71)67(53)77-48-50-19-11-8-12-20-50/h7-15,17-23,25-27,55H,6,16,24,28-48H2,1-5H3. The molecule has 2 aromatic carbocycles. The molecule has 1 aliphatic rings. The third kappa shape index (κ3) is 21.2. The Balaban J connectivity index is 1.27. The lowest BCUT2D eigenvalue weighted by Gasteiger charge is -2.37. The van der Waals surface area contributed by atoms with E-state index < -0.39 is 17.6 Å². The zero-order chi connectivity index (χ0) is 55.5. The van der Waals surface area contributed by atoms with E-state index >= 15 is 0 Å². The van der Waals surface area contributed by atoms with Crippen molar-refractivity contribution < 1.29 is 38.2 Å². The number of carbonyl (C=O) groups is 2.